The van der Waals surface area contributed by atoms with Gasteiger partial charge >= 0.3 is 0 Å². The highest BCUT2D eigenvalue weighted by Gasteiger charge is 2.27. The van der Waals surface area contributed by atoms with Gasteiger partial charge in [0.1, 0.15) is 11.5 Å². The predicted molar refractivity (Wildman–Crippen MR) is 130 cm³/mol. The lowest BCUT2D eigenvalue weighted by Crippen LogP contribution is -2.36. The van der Waals surface area contributed by atoms with Gasteiger partial charge in [0, 0.05) is 44.5 Å². The molecule has 0 aliphatic carbocycles. The molecule has 0 aromatic heterocycles. The van der Waals surface area contributed by atoms with Crippen LogP contribution in [0.5, 0.6) is 11.5 Å². The second kappa shape index (κ2) is 10.3. The van der Waals surface area contributed by atoms with Crippen LogP contribution in [0.4, 0.5) is 5.69 Å². The maximum atomic E-state index is 13.3. The molecule has 1 heterocycles. The first-order chi connectivity index (χ1) is 15.6. The van der Waals surface area contributed by atoms with Crippen LogP contribution in [0.1, 0.15) is 27.0 Å². The van der Waals surface area contributed by atoms with E-state index in [4.69, 9.17) is 16.3 Å². The van der Waals surface area contributed by atoms with Crippen molar-refractivity contribution in [1.82, 2.24) is 9.80 Å². The molecular formula is C25H30ClN3O4. The zero-order valence-corrected chi connectivity index (χ0v) is 20.4. The largest absolute Gasteiger partial charge is 0.507 e. The van der Waals surface area contributed by atoms with Crippen molar-refractivity contribution in [2.75, 3.05) is 46.2 Å². The number of likely N-dealkylation sites (N-methyl/N-ethyl adjacent to an activating group) is 2. The molecule has 33 heavy (non-hydrogen) atoms. The minimum absolute atomic E-state index is 0.117. The number of nitrogens with zero attached hydrogens (tertiary/aromatic N) is 3. The second-order valence-electron chi connectivity index (χ2n) is 8.40. The number of carbonyl (C=O) groups excluding carboxylic acids is 2. The zero-order valence-electron chi connectivity index (χ0n) is 19.7. The van der Waals surface area contributed by atoms with Gasteiger partial charge in [0.2, 0.25) is 5.91 Å². The van der Waals surface area contributed by atoms with Gasteiger partial charge < -0.3 is 24.5 Å². The van der Waals surface area contributed by atoms with Crippen LogP contribution in [0.25, 0.3) is 0 Å². The van der Waals surface area contributed by atoms with Gasteiger partial charge in [-0.25, -0.2) is 0 Å². The van der Waals surface area contributed by atoms with Crippen LogP contribution in [0.2, 0.25) is 5.02 Å². The zero-order chi connectivity index (χ0) is 24.3. The molecule has 0 spiro atoms. The van der Waals surface area contributed by atoms with E-state index in [-0.39, 0.29) is 23.1 Å². The minimum atomic E-state index is -0.290. The molecule has 2 aromatic carbocycles. The lowest BCUT2D eigenvalue weighted by atomic mass is 9.97. The predicted octanol–water partition coefficient (Wildman–Crippen LogP) is 3.64. The molecule has 8 heteroatoms. The molecular weight excluding hydrogens is 442 g/mol. The number of benzene rings is 2. The molecule has 0 bridgehead atoms. The first kappa shape index (κ1) is 24.6. The van der Waals surface area contributed by atoms with E-state index in [9.17, 15) is 14.7 Å². The van der Waals surface area contributed by atoms with Crippen molar-refractivity contribution in [3.05, 3.63) is 63.7 Å². The number of fused-ring (bicyclic) bond motifs is 1. The van der Waals surface area contributed by atoms with Crippen molar-refractivity contribution < 1.29 is 19.4 Å². The molecule has 176 valence electrons. The smallest absolute Gasteiger partial charge is 0.258 e. The summed E-state index contributed by atoms with van der Waals surface area (Å²) in [7, 11) is 7.07. The molecule has 1 aliphatic heterocycles. The average Bonchev–Trinajstić information content (AvgIpc) is 2.79. The third kappa shape index (κ3) is 5.31. The Labute approximate surface area is 199 Å². The third-order valence-corrected chi connectivity index (χ3v) is 6.29. The van der Waals surface area contributed by atoms with Gasteiger partial charge in [0.25, 0.3) is 5.91 Å². The molecule has 1 aliphatic rings. The molecule has 7 nitrogen and oxygen atoms in total. The van der Waals surface area contributed by atoms with E-state index in [1.54, 1.807) is 29.8 Å². The van der Waals surface area contributed by atoms with Gasteiger partial charge in [0.05, 0.1) is 17.7 Å². The molecule has 3 rings (SSSR count). The Balaban J connectivity index is 1.82. The van der Waals surface area contributed by atoms with Crippen LogP contribution in [0.15, 0.2) is 36.4 Å². The quantitative estimate of drug-likeness (QED) is 0.651. The molecule has 1 N–H and O–H groups in total. The average molecular weight is 472 g/mol. The Morgan fingerprint density at radius 2 is 1.94 bits per heavy atom. The Morgan fingerprint density at radius 3 is 2.61 bits per heavy atom. The number of halogens is 1. The number of aromatic hydroxyl groups is 1. The van der Waals surface area contributed by atoms with Crippen LogP contribution in [0, 0.1) is 6.92 Å². The van der Waals surface area contributed by atoms with E-state index in [1.165, 1.54) is 13.2 Å². The van der Waals surface area contributed by atoms with Crippen LogP contribution < -0.4 is 9.64 Å². The highest BCUT2D eigenvalue weighted by molar-refractivity contribution is 6.33. The molecule has 0 radical (unpaired) electrons. The Kier molecular flexibility index (Phi) is 7.66. The summed E-state index contributed by atoms with van der Waals surface area (Å²) < 4.78 is 5.17. The third-order valence-electron chi connectivity index (χ3n) is 5.82. The monoisotopic (exact) mass is 471 g/mol. The first-order valence-electron chi connectivity index (χ1n) is 10.7. The van der Waals surface area contributed by atoms with E-state index in [0.29, 0.717) is 42.4 Å². The number of methoxy groups -OCH3 is 1. The fraction of sp³-hybridized carbons (Fsp3) is 0.360. The molecule has 2 amide bonds. The van der Waals surface area contributed by atoms with E-state index in [0.717, 1.165) is 16.8 Å². The second-order valence-corrected chi connectivity index (χ2v) is 8.78. The number of phenols is 1. The van der Waals surface area contributed by atoms with E-state index in [1.807, 2.05) is 43.3 Å². The fourth-order valence-corrected chi connectivity index (χ4v) is 4.08. The number of phenolic OH excluding ortho intramolecular Hbond substituents is 1. The number of anilines is 1. The van der Waals surface area contributed by atoms with Gasteiger partial charge in [-0.2, -0.15) is 0 Å². The van der Waals surface area contributed by atoms with Crippen molar-refractivity contribution in [1.29, 1.82) is 0 Å². The number of hydrogen-bond acceptors (Lipinski definition) is 5. The van der Waals surface area contributed by atoms with Crippen molar-refractivity contribution >= 4 is 29.1 Å². The summed E-state index contributed by atoms with van der Waals surface area (Å²) in [5.74, 6) is -0.243. The number of ether oxygens (including phenoxy) is 1. The fourth-order valence-electron chi connectivity index (χ4n) is 3.85. The summed E-state index contributed by atoms with van der Waals surface area (Å²) in [6.07, 6.45) is 4.08. The minimum Gasteiger partial charge on any atom is -0.507 e. The summed E-state index contributed by atoms with van der Waals surface area (Å²) in [5.41, 5.74) is 3.53. The number of carbonyl (C=O) groups is 2. The Morgan fingerprint density at radius 1 is 1.21 bits per heavy atom. The summed E-state index contributed by atoms with van der Waals surface area (Å²) in [6.45, 7) is 3.28. The summed E-state index contributed by atoms with van der Waals surface area (Å²) >= 11 is 6.32. The van der Waals surface area contributed by atoms with Gasteiger partial charge in [-0.15, -0.1) is 0 Å². The number of rotatable bonds is 6. The van der Waals surface area contributed by atoms with Crippen LogP contribution >= 0.6 is 11.6 Å². The standard InChI is InChI=1S/C25H30ClN3O4/c1-16-23(20(30)14-21(33-5)24(16)26)25(32)29-12-10-17-8-9-19(13-18(17)15-29)28(4)22(31)7-6-11-27(2)3/h6-9,13-14,30H,10-12,15H2,1-5H3/b7-6+. The maximum absolute atomic E-state index is 13.3. The van der Waals surface area contributed by atoms with Crippen LogP contribution in [0.3, 0.4) is 0 Å². The normalized spacial score (nSPS) is 13.4. The maximum Gasteiger partial charge on any atom is 0.258 e. The van der Waals surface area contributed by atoms with E-state index >= 15 is 0 Å². The van der Waals surface area contributed by atoms with E-state index < -0.39 is 0 Å². The SMILES string of the molecule is COc1cc(O)c(C(=O)N2CCc3ccc(N(C)C(=O)/C=C/CN(C)C)cc3C2)c(C)c1Cl. The lowest BCUT2D eigenvalue weighted by molar-refractivity contribution is -0.113. The Bertz CT molecular complexity index is 1100. The van der Waals surface area contributed by atoms with Crippen molar-refractivity contribution in [3.63, 3.8) is 0 Å². The van der Waals surface area contributed by atoms with Crippen LogP contribution in [-0.4, -0.2) is 68.1 Å². The number of amides is 2. The summed E-state index contributed by atoms with van der Waals surface area (Å²) in [5, 5.41) is 10.8. The van der Waals surface area contributed by atoms with Gasteiger partial charge in [-0.05, 0) is 56.3 Å². The summed E-state index contributed by atoms with van der Waals surface area (Å²) in [4.78, 5) is 31.1. The Hall–Kier alpha value is -3.03. The first-order valence-corrected chi connectivity index (χ1v) is 11.1. The molecule has 0 saturated heterocycles. The molecule has 0 fully saturated rings. The van der Waals surface area contributed by atoms with Gasteiger partial charge in [-0.1, -0.05) is 23.7 Å². The molecule has 2 aromatic rings. The van der Waals surface area contributed by atoms with Crippen molar-refractivity contribution in [3.8, 4) is 11.5 Å². The topological polar surface area (TPSA) is 73.3 Å². The number of hydrogen-bond donors (Lipinski definition) is 1. The van der Waals surface area contributed by atoms with Crippen LogP contribution in [-0.2, 0) is 17.8 Å². The summed E-state index contributed by atoms with van der Waals surface area (Å²) in [6, 6.07) is 7.24. The molecule has 0 saturated carbocycles. The van der Waals surface area contributed by atoms with Crippen molar-refractivity contribution in [2.24, 2.45) is 0 Å². The van der Waals surface area contributed by atoms with E-state index in [2.05, 4.69) is 0 Å². The molecule has 0 atom stereocenters. The highest BCUT2D eigenvalue weighted by Crippen LogP contribution is 2.37. The highest BCUT2D eigenvalue weighted by atomic mass is 35.5. The van der Waals surface area contributed by atoms with Gasteiger partial charge in [-0.3, -0.25) is 9.59 Å². The van der Waals surface area contributed by atoms with Crippen molar-refractivity contribution in [2.45, 2.75) is 19.9 Å². The lowest BCUT2D eigenvalue weighted by Gasteiger charge is -2.30. The molecule has 0 unspecified atom stereocenters. The van der Waals surface area contributed by atoms with Gasteiger partial charge in [0.15, 0.2) is 0 Å².